The van der Waals surface area contributed by atoms with Gasteiger partial charge in [-0.15, -0.1) is 0 Å². The molecule has 30 heavy (non-hydrogen) atoms. The fourth-order valence-electron chi connectivity index (χ4n) is 3.43. The second kappa shape index (κ2) is 7.95. The molecule has 3 aromatic heterocycles. The average molecular weight is 620 g/mol. The zero-order valence-electron chi connectivity index (χ0n) is 15.4. The number of nitrogens with zero attached hydrogens (tertiary/aromatic N) is 4. The van der Waals surface area contributed by atoms with Crippen LogP contribution >= 0.6 is 45.2 Å². The van der Waals surface area contributed by atoms with Crippen LogP contribution in [0.3, 0.4) is 0 Å². The van der Waals surface area contributed by atoms with Crippen LogP contribution in [0.25, 0.3) is 27.6 Å². The predicted octanol–water partition coefficient (Wildman–Crippen LogP) is 4.81. The second-order valence-corrected chi connectivity index (χ2v) is 8.99. The van der Waals surface area contributed by atoms with Gasteiger partial charge in [-0.2, -0.15) is 0 Å². The Morgan fingerprint density at radius 3 is 2.70 bits per heavy atom. The zero-order chi connectivity index (χ0) is 20.7. The number of fused-ring (bicyclic) bond motifs is 2. The lowest BCUT2D eigenvalue weighted by atomic mass is 10.1. The molecule has 9 heteroatoms. The summed E-state index contributed by atoms with van der Waals surface area (Å²) in [7, 11) is 0. The summed E-state index contributed by atoms with van der Waals surface area (Å²) in [6, 6.07) is 17.6. The number of rotatable bonds is 4. The van der Waals surface area contributed by atoms with Crippen LogP contribution < -0.4 is 10.9 Å². The van der Waals surface area contributed by atoms with Crippen LogP contribution in [-0.4, -0.2) is 24.5 Å². The number of aromatic amines is 1. The Kier molecular flexibility index (Phi) is 5.15. The number of H-pyrrole nitrogens is 1. The van der Waals surface area contributed by atoms with Crippen molar-refractivity contribution in [3.05, 3.63) is 86.9 Å². The Balaban J connectivity index is 1.71. The van der Waals surface area contributed by atoms with E-state index >= 15 is 0 Å². The largest absolute Gasteiger partial charge is 0.351 e. The van der Waals surface area contributed by atoms with Crippen LogP contribution in [0.4, 0.5) is 5.82 Å². The van der Waals surface area contributed by atoms with Crippen LogP contribution in [0.15, 0.2) is 72.0 Å². The molecule has 2 N–H and O–H groups in total. The molecule has 2 aromatic carbocycles. The standard InChI is InChI=1S/C21H14I2N6O/c22-14-8-4-5-12-9-15(29(21(30)16(12)14)13-6-2-1-3-7-13)18(23)28-20-17-19(25-10-24-17)26-11-27-20/h1-11,18H,(H2,24,25,26,27,28)/t18-/m1/s1. The van der Waals surface area contributed by atoms with E-state index < -0.39 is 0 Å². The van der Waals surface area contributed by atoms with Crippen LogP contribution in [0.2, 0.25) is 0 Å². The normalized spacial score (nSPS) is 12.3. The minimum Gasteiger partial charge on any atom is -0.351 e. The number of nitrogens with one attached hydrogen (secondary N) is 2. The fourth-order valence-corrected chi connectivity index (χ4v) is 4.94. The number of imidazole rings is 1. The predicted molar refractivity (Wildman–Crippen MR) is 134 cm³/mol. The molecule has 0 aliphatic heterocycles. The second-order valence-electron chi connectivity index (χ2n) is 6.58. The third kappa shape index (κ3) is 3.35. The van der Waals surface area contributed by atoms with Crippen molar-refractivity contribution in [1.29, 1.82) is 0 Å². The molecule has 0 saturated heterocycles. The number of para-hydroxylation sites is 1. The fraction of sp³-hybridized carbons (Fsp3) is 0.0476. The summed E-state index contributed by atoms with van der Waals surface area (Å²) < 4.78 is 2.45. The molecule has 0 unspecified atom stereocenters. The maximum atomic E-state index is 13.6. The summed E-state index contributed by atoms with van der Waals surface area (Å²) in [5.74, 6) is 0.607. The lowest BCUT2D eigenvalue weighted by molar-refractivity contribution is 0.893. The minimum absolute atomic E-state index is 0.0465. The van der Waals surface area contributed by atoms with Crippen molar-refractivity contribution in [2.45, 2.75) is 4.05 Å². The van der Waals surface area contributed by atoms with E-state index in [1.807, 2.05) is 48.5 Å². The average Bonchev–Trinajstić information content (AvgIpc) is 3.24. The van der Waals surface area contributed by atoms with E-state index in [1.54, 1.807) is 10.9 Å². The van der Waals surface area contributed by atoms with E-state index in [0.717, 1.165) is 20.3 Å². The number of hydrogen-bond donors (Lipinski definition) is 2. The first-order chi connectivity index (χ1) is 14.6. The van der Waals surface area contributed by atoms with Crippen LogP contribution in [0, 0.1) is 3.57 Å². The van der Waals surface area contributed by atoms with Crippen molar-refractivity contribution in [3.63, 3.8) is 0 Å². The Morgan fingerprint density at radius 1 is 1.03 bits per heavy atom. The Labute approximate surface area is 198 Å². The van der Waals surface area contributed by atoms with Crippen molar-refractivity contribution in [2.75, 3.05) is 5.32 Å². The third-order valence-electron chi connectivity index (χ3n) is 4.78. The summed E-state index contributed by atoms with van der Waals surface area (Å²) in [5, 5.41) is 5.02. The van der Waals surface area contributed by atoms with E-state index in [9.17, 15) is 4.79 Å². The molecule has 5 aromatic rings. The third-order valence-corrected chi connectivity index (χ3v) is 6.63. The topological polar surface area (TPSA) is 88.5 Å². The maximum Gasteiger partial charge on any atom is 0.264 e. The highest BCUT2D eigenvalue weighted by molar-refractivity contribution is 14.1. The van der Waals surface area contributed by atoms with Crippen molar-refractivity contribution in [3.8, 4) is 5.69 Å². The number of aromatic nitrogens is 5. The minimum atomic E-state index is -0.243. The highest BCUT2D eigenvalue weighted by Gasteiger charge is 2.20. The first-order valence-electron chi connectivity index (χ1n) is 9.08. The molecule has 7 nitrogen and oxygen atoms in total. The smallest absolute Gasteiger partial charge is 0.264 e. The van der Waals surface area contributed by atoms with Crippen LogP contribution in [0.1, 0.15) is 9.74 Å². The van der Waals surface area contributed by atoms with Crippen LogP contribution in [0.5, 0.6) is 0 Å². The molecule has 148 valence electrons. The molecule has 0 aliphatic rings. The quantitative estimate of drug-likeness (QED) is 0.171. The first-order valence-corrected chi connectivity index (χ1v) is 11.4. The van der Waals surface area contributed by atoms with Crippen molar-refractivity contribution in [2.24, 2.45) is 0 Å². The van der Waals surface area contributed by atoms with Crippen LogP contribution in [-0.2, 0) is 0 Å². The lowest BCUT2D eigenvalue weighted by Crippen LogP contribution is -2.25. The SMILES string of the molecule is O=c1c2c(I)cccc2cc([C@H](I)Nc2ncnc3[nH]cnc23)n1-c1ccccc1. The molecule has 0 fully saturated rings. The van der Waals surface area contributed by atoms with Gasteiger partial charge in [0.05, 0.1) is 17.4 Å². The summed E-state index contributed by atoms with van der Waals surface area (Å²) in [5.41, 5.74) is 2.90. The molecule has 0 bridgehead atoms. The molecule has 1 atom stereocenters. The lowest BCUT2D eigenvalue weighted by Gasteiger charge is -2.20. The Bertz CT molecular complexity index is 1430. The Hall–Kier alpha value is -2.54. The summed E-state index contributed by atoms with van der Waals surface area (Å²) in [4.78, 5) is 29.4. The van der Waals surface area contributed by atoms with E-state index in [0.29, 0.717) is 22.4 Å². The highest BCUT2D eigenvalue weighted by Crippen LogP contribution is 2.30. The summed E-state index contributed by atoms with van der Waals surface area (Å²) >= 11 is 4.50. The number of halogens is 2. The summed E-state index contributed by atoms with van der Waals surface area (Å²) in [6.07, 6.45) is 3.07. The molecule has 5 rings (SSSR count). The van der Waals surface area contributed by atoms with Gasteiger partial charge in [0.15, 0.2) is 11.5 Å². The molecule has 3 heterocycles. The first kappa shape index (κ1) is 19.4. The van der Waals surface area contributed by atoms with Crippen molar-refractivity contribution in [1.82, 2.24) is 24.5 Å². The number of anilines is 1. The monoisotopic (exact) mass is 620 g/mol. The molecular weight excluding hydrogens is 606 g/mol. The van der Waals surface area contributed by atoms with E-state index in [2.05, 4.69) is 76.5 Å². The number of benzene rings is 2. The number of alkyl halides is 1. The van der Waals surface area contributed by atoms with Gasteiger partial charge in [-0.3, -0.25) is 9.36 Å². The molecule has 0 saturated carbocycles. The van der Waals surface area contributed by atoms with Gasteiger partial charge in [0.1, 0.15) is 15.9 Å². The maximum absolute atomic E-state index is 13.6. The van der Waals surface area contributed by atoms with E-state index in [1.165, 1.54) is 6.33 Å². The van der Waals surface area contributed by atoms with Gasteiger partial charge in [0.2, 0.25) is 0 Å². The molecule has 0 radical (unpaired) electrons. The number of pyridine rings is 1. The van der Waals surface area contributed by atoms with Crippen molar-refractivity contribution >= 4 is 72.9 Å². The molecule has 0 aliphatic carbocycles. The van der Waals surface area contributed by atoms with Gasteiger partial charge < -0.3 is 10.3 Å². The zero-order valence-corrected chi connectivity index (χ0v) is 19.7. The van der Waals surface area contributed by atoms with E-state index in [4.69, 9.17) is 0 Å². The molecule has 0 spiro atoms. The van der Waals surface area contributed by atoms with Gasteiger partial charge in [0, 0.05) is 9.26 Å². The van der Waals surface area contributed by atoms with Gasteiger partial charge in [-0.05, 0) is 52.2 Å². The summed E-state index contributed by atoms with van der Waals surface area (Å²) in [6.45, 7) is 0. The number of hydrogen-bond acceptors (Lipinski definition) is 5. The molecule has 0 amide bonds. The molecular formula is C21H14I2N6O. The Morgan fingerprint density at radius 2 is 1.87 bits per heavy atom. The van der Waals surface area contributed by atoms with Gasteiger partial charge in [0.25, 0.3) is 5.56 Å². The van der Waals surface area contributed by atoms with Gasteiger partial charge >= 0.3 is 0 Å². The van der Waals surface area contributed by atoms with Crippen molar-refractivity contribution < 1.29 is 0 Å². The highest BCUT2D eigenvalue weighted by atomic mass is 127. The van der Waals surface area contributed by atoms with Gasteiger partial charge in [-0.25, -0.2) is 15.0 Å². The van der Waals surface area contributed by atoms with Gasteiger partial charge in [-0.1, -0.05) is 52.9 Å². The van der Waals surface area contributed by atoms with E-state index in [-0.39, 0.29) is 9.61 Å².